The van der Waals surface area contributed by atoms with Crippen molar-refractivity contribution in [3.63, 3.8) is 0 Å². The zero-order valence-corrected chi connectivity index (χ0v) is 13.1. The van der Waals surface area contributed by atoms with Gasteiger partial charge >= 0.3 is 0 Å². The lowest BCUT2D eigenvalue weighted by Crippen LogP contribution is -2.22. The number of fused-ring (bicyclic) bond motifs is 1. The van der Waals surface area contributed by atoms with Crippen LogP contribution in [0.25, 0.3) is 5.65 Å². The molecule has 0 saturated carbocycles. The lowest BCUT2D eigenvalue weighted by atomic mass is 10.1. The van der Waals surface area contributed by atoms with Gasteiger partial charge in [0, 0.05) is 41.1 Å². The highest BCUT2D eigenvalue weighted by Crippen LogP contribution is 2.29. The molecule has 0 aliphatic heterocycles. The molecule has 7 heteroatoms. The third kappa shape index (κ3) is 3.08. The van der Waals surface area contributed by atoms with Crippen LogP contribution in [-0.2, 0) is 6.54 Å². The quantitative estimate of drug-likeness (QED) is 0.752. The fourth-order valence-corrected chi connectivity index (χ4v) is 2.94. The zero-order chi connectivity index (χ0) is 15.5. The lowest BCUT2D eigenvalue weighted by Gasteiger charge is -2.15. The largest absolute Gasteiger partial charge is 0.387 e. The molecule has 5 nitrogen and oxygen atoms in total. The minimum atomic E-state index is -0.776. The number of imidazole rings is 1. The Labute approximate surface area is 137 Å². The van der Waals surface area contributed by atoms with E-state index in [9.17, 15) is 5.11 Å². The van der Waals surface area contributed by atoms with Crippen LogP contribution in [0.2, 0.25) is 10.0 Å². The number of halogens is 2. The highest BCUT2D eigenvalue weighted by atomic mass is 35.5. The highest BCUT2D eigenvalue weighted by molar-refractivity contribution is 6.36. The minimum absolute atomic E-state index is 0.335. The number of aliphatic hydroxyl groups excluding tert-OH is 1. The summed E-state index contributed by atoms with van der Waals surface area (Å²) in [7, 11) is 0. The molecule has 0 aliphatic rings. The Morgan fingerprint density at radius 2 is 2.00 bits per heavy atom. The van der Waals surface area contributed by atoms with Crippen LogP contribution in [0.3, 0.4) is 0 Å². The van der Waals surface area contributed by atoms with Gasteiger partial charge < -0.3 is 10.4 Å². The van der Waals surface area contributed by atoms with Gasteiger partial charge in [-0.25, -0.2) is 4.98 Å². The maximum atomic E-state index is 10.3. The van der Waals surface area contributed by atoms with E-state index in [1.165, 1.54) is 0 Å². The molecule has 1 unspecified atom stereocenters. The molecule has 0 spiro atoms. The van der Waals surface area contributed by atoms with Crippen LogP contribution in [-0.4, -0.2) is 26.0 Å². The van der Waals surface area contributed by atoms with Crippen LogP contribution < -0.4 is 5.32 Å². The van der Waals surface area contributed by atoms with Crippen molar-refractivity contribution in [1.29, 1.82) is 0 Å². The molecule has 0 radical (unpaired) electrons. The van der Waals surface area contributed by atoms with Crippen LogP contribution >= 0.6 is 23.2 Å². The first kappa shape index (κ1) is 15.2. The van der Waals surface area contributed by atoms with Crippen LogP contribution in [0.5, 0.6) is 0 Å². The molecule has 0 bridgehead atoms. The predicted octanol–water partition coefficient (Wildman–Crippen LogP) is 2.86. The molecule has 2 heterocycles. The second-order valence-electron chi connectivity index (χ2n) is 4.84. The van der Waals surface area contributed by atoms with Crippen molar-refractivity contribution in [2.45, 2.75) is 12.6 Å². The van der Waals surface area contributed by atoms with Gasteiger partial charge in [-0.2, -0.15) is 0 Å². The van der Waals surface area contributed by atoms with Crippen molar-refractivity contribution in [3.8, 4) is 0 Å². The molecule has 1 atom stereocenters. The molecule has 2 aromatic heterocycles. The lowest BCUT2D eigenvalue weighted by molar-refractivity contribution is 0.174. The van der Waals surface area contributed by atoms with E-state index in [4.69, 9.17) is 23.2 Å². The topological polar surface area (TPSA) is 62.5 Å². The van der Waals surface area contributed by atoms with Crippen molar-refractivity contribution in [2.75, 3.05) is 6.54 Å². The first-order valence-corrected chi connectivity index (χ1v) is 7.51. The standard InChI is InChI=1S/C15H14Cl2N4O/c16-11-2-1-3-12(17)15(11)13(22)8-19-6-10-7-20-14-9-18-4-5-21(10)14/h1-5,7,9,13,19,22H,6,8H2. The summed E-state index contributed by atoms with van der Waals surface area (Å²) in [4.78, 5) is 8.28. The summed E-state index contributed by atoms with van der Waals surface area (Å²) >= 11 is 12.2. The predicted molar refractivity (Wildman–Crippen MR) is 86.1 cm³/mol. The monoisotopic (exact) mass is 336 g/mol. The van der Waals surface area contributed by atoms with Gasteiger partial charge in [0.2, 0.25) is 0 Å². The summed E-state index contributed by atoms with van der Waals surface area (Å²) in [5.74, 6) is 0. The van der Waals surface area contributed by atoms with E-state index < -0.39 is 6.10 Å². The maximum Gasteiger partial charge on any atom is 0.155 e. The molecule has 0 saturated heterocycles. The zero-order valence-electron chi connectivity index (χ0n) is 11.6. The first-order valence-electron chi connectivity index (χ1n) is 6.75. The molecular formula is C15H14Cl2N4O. The molecular weight excluding hydrogens is 323 g/mol. The molecule has 1 aromatic carbocycles. The number of benzene rings is 1. The maximum absolute atomic E-state index is 10.3. The Kier molecular flexibility index (Phi) is 4.59. The fourth-order valence-electron chi connectivity index (χ4n) is 2.29. The van der Waals surface area contributed by atoms with E-state index in [-0.39, 0.29) is 0 Å². The third-order valence-electron chi connectivity index (χ3n) is 3.37. The van der Waals surface area contributed by atoms with Gasteiger partial charge in [-0.05, 0) is 12.1 Å². The van der Waals surface area contributed by atoms with E-state index in [1.54, 1.807) is 36.8 Å². The van der Waals surface area contributed by atoms with E-state index in [0.29, 0.717) is 28.7 Å². The summed E-state index contributed by atoms with van der Waals surface area (Å²) in [6, 6.07) is 5.17. The summed E-state index contributed by atoms with van der Waals surface area (Å²) in [6.45, 7) is 0.895. The molecule has 0 aliphatic carbocycles. The van der Waals surface area contributed by atoms with Gasteiger partial charge in [-0.15, -0.1) is 0 Å². The fraction of sp³-hybridized carbons (Fsp3) is 0.200. The Bertz CT molecular complexity index is 770. The van der Waals surface area contributed by atoms with Crippen molar-refractivity contribution in [2.24, 2.45) is 0 Å². The van der Waals surface area contributed by atoms with Gasteiger partial charge in [0.05, 0.1) is 24.2 Å². The normalized spacial score (nSPS) is 12.7. The van der Waals surface area contributed by atoms with Gasteiger partial charge in [0.1, 0.15) is 0 Å². The number of nitrogens with zero attached hydrogens (tertiary/aromatic N) is 3. The summed E-state index contributed by atoms with van der Waals surface area (Å²) in [5, 5.41) is 14.4. The number of hydrogen-bond donors (Lipinski definition) is 2. The number of aromatic nitrogens is 3. The number of nitrogens with one attached hydrogen (secondary N) is 1. The molecule has 114 valence electrons. The van der Waals surface area contributed by atoms with Crippen LogP contribution in [0.15, 0.2) is 43.0 Å². The summed E-state index contributed by atoms with van der Waals surface area (Å²) in [6.07, 6.45) is 6.25. The highest BCUT2D eigenvalue weighted by Gasteiger charge is 2.15. The number of rotatable bonds is 5. The van der Waals surface area contributed by atoms with Crippen molar-refractivity contribution >= 4 is 28.8 Å². The average Bonchev–Trinajstić information content (AvgIpc) is 2.91. The molecule has 3 rings (SSSR count). The minimum Gasteiger partial charge on any atom is -0.387 e. The van der Waals surface area contributed by atoms with E-state index >= 15 is 0 Å². The van der Waals surface area contributed by atoms with E-state index in [1.807, 2.05) is 10.6 Å². The van der Waals surface area contributed by atoms with E-state index in [0.717, 1.165) is 11.3 Å². The van der Waals surface area contributed by atoms with Gasteiger partial charge in [-0.3, -0.25) is 9.38 Å². The van der Waals surface area contributed by atoms with Crippen LogP contribution in [0.4, 0.5) is 0 Å². The second-order valence-corrected chi connectivity index (χ2v) is 5.65. The smallest absolute Gasteiger partial charge is 0.155 e. The van der Waals surface area contributed by atoms with E-state index in [2.05, 4.69) is 15.3 Å². The Hall–Kier alpha value is -1.66. The van der Waals surface area contributed by atoms with Crippen LogP contribution in [0.1, 0.15) is 17.4 Å². The molecule has 0 amide bonds. The Morgan fingerprint density at radius 1 is 1.23 bits per heavy atom. The first-order chi connectivity index (χ1) is 10.7. The summed E-state index contributed by atoms with van der Waals surface area (Å²) in [5.41, 5.74) is 2.31. The molecule has 22 heavy (non-hydrogen) atoms. The van der Waals surface area contributed by atoms with Crippen molar-refractivity contribution in [3.05, 3.63) is 64.3 Å². The van der Waals surface area contributed by atoms with Crippen molar-refractivity contribution in [1.82, 2.24) is 19.7 Å². The van der Waals surface area contributed by atoms with Crippen LogP contribution in [0, 0.1) is 0 Å². The third-order valence-corrected chi connectivity index (χ3v) is 4.03. The Morgan fingerprint density at radius 3 is 2.77 bits per heavy atom. The molecule has 0 fully saturated rings. The Balaban J connectivity index is 1.66. The number of aliphatic hydroxyl groups is 1. The molecule has 2 N–H and O–H groups in total. The van der Waals surface area contributed by atoms with Gasteiger partial charge in [0.15, 0.2) is 5.65 Å². The van der Waals surface area contributed by atoms with Gasteiger partial charge in [-0.1, -0.05) is 29.3 Å². The summed E-state index contributed by atoms with van der Waals surface area (Å²) < 4.78 is 1.94. The second kappa shape index (κ2) is 6.62. The average molecular weight is 337 g/mol. The van der Waals surface area contributed by atoms with Gasteiger partial charge in [0.25, 0.3) is 0 Å². The number of hydrogen-bond acceptors (Lipinski definition) is 4. The van der Waals surface area contributed by atoms with Crippen molar-refractivity contribution < 1.29 is 5.11 Å². The molecule has 3 aromatic rings. The SMILES string of the molecule is OC(CNCc1cnc2cnccn12)c1c(Cl)cccc1Cl.